The molecule has 0 radical (unpaired) electrons. The van der Waals surface area contributed by atoms with E-state index in [4.69, 9.17) is 5.53 Å². The maximum absolute atomic E-state index is 11.0. The summed E-state index contributed by atoms with van der Waals surface area (Å²) in [5.74, 6) is 0.245. The third kappa shape index (κ3) is 9.32. The lowest BCUT2D eigenvalue weighted by atomic mass is 10.8. The van der Waals surface area contributed by atoms with Gasteiger partial charge in [0.05, 0.1) is 5.75 Å². The van der Waals surface area contributed by atoms with Gasteiger partial charge in [-0.3, -0.25) is 4.21 Å². The van der Waals surface area contributed by atoms with E-state index in [1.165, 1.54) is 0 Å². The minimum absolute atomic E-state index is 0.0874. The molecule has 6 nitrogen and oxygen atoms in total. The monoisotopic (exact) mass is 225 g/mol. The maximum atomic E-state index is 11.0. The number of sulfone groups is 1. The zero-order valence-electron chi connectivity index (χ0n) is 7.21. The van der Waals surface area contributed by atoms with E-state index >= 15 is 0 Å². The van der Waals surface area contributed by atoms with Crippen molar-refractivity contribution in [3.8, 4) is 0 Å². The molecule has 13 heavy (non-hydrogen) atoms. The highest BCUT2D eigenvalue weighted by molar-refractivity contribution is 7.92. The zero-order valence-corrected chi connectivity index (χ0v) is 8.84. The molecule has 0 saturated carbocycles. The molecule has 0 bridgehead atoms. The SMILES string of the molecule is CS(=O)(=O)CCS(=O)CCN=[N+]=[N-]. The lowest BCUT2D eigenvalue weighted by molar-refractivity contribution is 0.602. The smallest absolute Gasteiger partial charge is 0.148 e. The minimum Gasteiger partial charge on any atom is -0.260 e. The quantitative estimate of drug-likeness (QED) is 0.363. The summed E-state index contributed by atoms with van der Waals surface area (Å²) in [5.41, 5.74) is 7.90. The summed E-state index contributed by atoms with van der Waals surface area (Å²) in [7, 11) is -4.26. The van der Waals surface area contributed by atoms with Crippen LogP contribution >= 0.6 is 0 Å². The predicted octanol–water partition coefficient (Wildman–Crippen LogP) is 0.0900. The summed E-state index contributed by atoms with van der Waals surface area (Å²) in [6.07, 6.45) is 1.09. The van der Waals surface area contributed by atoms with Crippen LogP contribution in [-0.2, 0) is 20.6 Å². The van der Waals surface area contributed by atoms with Gasteiger partial charge < -0.3 is 0 Å². The first-order valence-corrected chi connectivity index (χ1v) is 7.04. The van der Waals surface area contributed by atoms with Crippen molar-refractivity contribution in [2.45, 2.75) is 0 Å². The van der Waals surface area contributed by atoms with Crippen LogP contribution in [0.1, 0.15) is 0 Å². The van der Waals surface area contributed by atoms with Crippen LogP contribution < -0.4 is 0 Å². The molecule has 0 aromatic heterocycles. The fraction of sp³-hybridized carbons (Fsp3) is 1.00. The zero-order chi connectivity index (χ0) is 10.3. The number of hydrogen-bond acceptors (Lipinski definition) is 4. The molecule has 0 rings (SSSR count). The van der Waals surface area contributed by atoms with E-state index in [-0.39, 0.29) is 23.8 Å². The normalized spacial score (nSPS) is 13.3. The van der Waals surface area contributed by atoms with Crippen molar-refractivity contribution in [3.63, 3.8) is 0 Å². The Kier molecular flexibility index (Phi) is 5.68. The van der Waals surface area contributed by atoms with Gasteiger partial charge in [-0.05, 0) is 5.53 Å². The molecule has 8 heteroatoms. The van der Waals surface area contributed by atoms with E-state index in [2.05, 4.69) is 10.0 Å². The average molecular weight is 225 g/mol. The number of hydrogen-bond donors (Lipinski definition) is 0. The van der Waals surface area contributed by atoms with Gasteiger partial charge in [-0.25, -0.2) is 8.42 Å². The van der Waals surface area contributed by atoms with Gasteiger partial charge in [-0.1, -0.05) is 5.11 Å². The van der Waals surface area contributed by atoms with Crippen LogP contribution in [0, 0.1) is 0 Å². The Morgan fingerprint density at radius 1 is 1.46 bits per heavy atom. The first-order chi connectivity index (χ1) is 5.95. The van der Waals surface area contributed by atoms with Crippen LogP contribution in [-0.4, -0.2) is 42.7 Å². The molecule has 0 amide bonds. The Hall–Kier alpha value is -0.590. The van der Waals surface area contributed by atoms with Crippen LogP contribution in [0.25, 0.3) is 10.4 Å². The molecule has 0 N–H and O–H groups in total. The topological polar surface area (TPSA) is 100.0 Å². The van der Waals surface area contributed by atoms with Crippen molar-refractivity contribution < 1.29 is 12.6 Å². The summed E-state index contributed by atoms with van der Waals surface area (Å²) in [6, 6.07) is 0. The van der Waals surface area contributed by atoms with Crippen LogP contribution in [0.15, 0.2) is 5.11 Å². The average Bonchev–Trinajstić information content (AvgIpc) is 2.00. The molecule has 0 heterocycles. The molecular formula is C5H11N3O3S2. The van der Waals surface area contributed by atoms with Gasteiger partial charge >= 0.3 is 0 Å². The van der Waals surface area contributed by atoms with Gasteiger partial charge in [0.1, 0.15) is 9.84 Å². The Bertz CT molecular complexity index is 318. The fourth-order valence-electron chi connectivity index (χ4n) is 0.534. The first kappa shape index (κ1) is 12.4. The van der Waals surface area contributed by atoms with E-state index < -0.39 is 20.6 Å². The standard InChI is InChI=1S/C5H11N3O3S2/c1-13(10,11)5-4-12(9)3-2-7-8-6/h2-5H2,1H3. The predicted molar refractivity (Wildman–Crippen MR) is 51.6 cm³/mol. The minimum atomic E-state index is -3.05. The van der Waals surface area contributed by atoms with Crippen molar-refractivity contribution in [2.75, 3.05) is 30.1 Å². The van der Waals surface area contributed by atoms with Gasteiger partial charge in [0.25, 0.3) is 0 Å². The summed E-state index contributed by atoms with van der Waals surface area (Å²) >= 11 is 0. The number of rotatable bonds is 6. The first-order valence-electron chi connectivity index (χ1n) is 3.49. The second-order valence-corrected chi connectivity index (χ2v) is 6.39. The van der Waals surface area contributed by atoms with Crippen LogP contribution in [0.5, 0.6) is 0 Å². The van der Waals surface area contributed by atoms with Crippen LogP contribution in [0.2, 0.25) is 0 Å². The van der Waals surface area contributed by atoms with Gasteiger partial charge in [-0.15, -0.1) is 0 Å². The van der Waals surface area contributed by atoms with Crippen LogP contribution in [0.3, 0.4) is 0 Å². The Balaban J connectivity index is 3.70. The molecule has 0 aliphatic heterocycles. The van der Waals surface area contributed by atoms with Crippen molar-refractivity contribution >= 4 is 20.6 Å². The largest absolute Gasteiger partial charge is 0.260 e. The molecule has 1 atom stereocenters. The van der Waals surface area contributed by atoms with E-state index in [9.17, 15) is 12.6 Å². The molecular weight excluding hydrogens is 214 g/mol. The van der Waals surface area contributed by atoms with Gasteiger partial charge in [-0.2, -0.15) is 0 Å². The summed E-state index contributed by atoms with van der Waals surface area (Å²) in [5, 5.41) is 3.19. The second kappa shape index (κ2) is 5.95. The molecule has 0 aliphatic carbocycles. The molecule has 0 aromatic rings. The molecule has 0 saturated heterocycles. The van der Waals surface area contributed by atoms with E-state index in [1.807, 2.05) is 0 Å². The van der Waals surface area contributed by atoms with Gasteiger partial charge in [0.15, 0.2) is 0 Å². The van der Waals surface area contributed by atoms with Crippen molar-refractivity contribution in [1.82, 2.24) is 0 Å². The third-order valence-electron chi connectivity index (χ3n) is 1.16. The highest BCUT2D eigenvalue weighted by Crippen LogP contribution is 1.89. The summed E-state index contributed by atoms with van der Waals surface area (Å²) in [4.78, 5) is 2.49. The molecule has 0 spiro atoms. The Morgan fingerprint density at radius 2 is 2.08 bits per heavy atom. The van der Waals surface area contributed by atoms with E-state index in [1.54, 1.807) is 0 Å². The molecule has 76 valence electrons. The van der Waals surface area contributed by atoms with Crippen molar-refractivity contribution in [3.05, 3.63) is 10.4 Å². The number of azide groups is 1. The van der Waals surface area contributed by atoms with Gasteiger partial charge in [0, 0.05) is 40.0 Å². The molecule has 1 unspecified atom stereocenters. The van der Waals surface area contributed by atoms with E-state index in [0.29, 0.717) is 0 Å². The number of nitrogens with zero attached hydrogens (tertiary/aromatic N) is 3. The van der Waals surface area contributed by atoms with E-state index in [0.717, 1.165) is 6.26 Å². The van der Waals surface area contributed by atoms with Crippen LogP contribution in [0.4, 0.5) is 0 Å². The van der Waals surface area contributed by atoms with Gasteiger partial charge in [0.2, 0.25) is 0 Å². The lowest BCUT2D eigenvalue weighted by Gasteiger charge is -1.97. The molecule has 0 aliphatic rings. The Labute approximate surface area is 79.3 Å². The fourth-order valence-corrected chi connectivity index (χ4v) is 2.98. The Morgan fingerprint density at radius 3 is 2.54 bits per heavy atom. The molecule has 0 aromatic carbocycles. The second-order valence-electron chi connectivity index (χ2n) is 2.43. The van der Waals surface area contributed by atoms with Crippen molar-refractivity contribution in [1.29, 1.82) is 0 Å². The third-order valence-corrected chi connectivity index (χ3v) is 3.67. The highest BCUT2D eigenvalue weighted by atomic mass is 32.2. The lowest BCUT2D eigenvalue weighted by Crippen LogP contribution is -2.14. The summed E-state index contributed by atoms with van der Waals surface area (Å²) < 4.78 is 32.3. The summed E-state index contributed by atoms with van der Waals surface area (Å²) in [6.45, 7) is 0.146. The highest BCUT2D eigenvalue weighted by Gasteiger charge is 2.05. The van der Waals surface area contributed by atoms with Crippen molar-refractivity contribution in [2.24, 2.45) is 5.11 Å². The maximum Gasteiger partial charge on any atom is 0.148 e. The molecule has 0 fully saturated rings.